The molecule has 11 nitrogen and oxygen atoms in total. The summed E-state index contributed by atoms with van der Waals surface area (Å²) in [7, 11) is 0. The van der Waals surface area contributed by atoms with Gasteiger partial charge in [0.2, 0.25) is 5.91 Å². The summed E-state index contributed by atoms with van der Waals surface area (Å²) in [5, 5.41) is 13.9. The van der Waals surface area contributed by atoms with Crippen LogP contribution >= 0.6 is 11.3 Å². The van der Waals surface area contributed by atoms with Crippen LogP contribution in [0.3, 0.4) is 0 Å². The highest BCUT2D eigenvalue weighted by atomic mass is 32.1. The number of amides is 2. The Hall–Kier alpha value is -3.54. The van der Waals surface area contributed by atoms with E-state index >= 15 is 0 Å². The van der Waals surface area contributed by atoms with Crippen molar-refractivity contribution >= 4 is 45.6 Å². The van der Waals surface area contributed by atoms with Crippen LogP contribution in [-0.4, -0.2) is 46.9 Å². The van der Waals surface area contributed by atoms with Crippen LogP contribution in [0.2, 0.25) is 0 Å². The summed E-state index contributed by atoms with van der Waals surface area (Å²) in [4.78, 5) is 53.5. The Morgan fingerprint density at radius 2 is 2.13 bits per heavy atom. The van der Waals surface area contributed by atoms with Gasteiger partial charge in [0.1, 0.15) is 17.2 Å². The van der Waals surface area contributed by atoms with Crippen LogP contribution in [0.1, 0.15) is 35.6 Å². The topological polar surface area (TPSA) is 141 Å². The zero-order valence-corrected chi connectivity index (χ0v) is 17.9. The molecule has 2 heterocycles. The number of aryl methyl sites for hydroxylation is 1. The van der Waals surface area contributed by atoms with E-state index in [1.807, 2.05) is 0 Å². The second-order valence-corrected chi connectivity index (χ2v) is 7.55. The number of esters is 1. The van der Waals surface area contributed by atoms with Gasteiger partial charge in [0.05, 0.1) is 22.9 Å². The lowest BCUT2D eigenvalue weighted by atomic mass is 10.1. The molecule has 0 fully saturated rings. The Bertz CT molecular complexity index is 1050. The number of benzene rings is 1. The lowest BCUT2D eigenvalue weighted by Crippen LogP contribution is -2.48. The summed E-state index contributed by atoms with van der Waals surface area (Å²) < 4.78 is 10.6. The van der Waals surface area contributed by atoms with Crippen molar-refractivity contribution in [1.82, 2.24) is 4.98 Å². The molecule has 1 atom stereocenters. The molecule has 164 valence electrons. The number of nitro benzene ring substituents is 1. The Morgan fingerprint density at radius 3 is 2.77 bits per heavy atom. The average molecular weight is 448 g/mol. The number of aromatic nitrogens is 1. The molecule has 1 aliphatic heterocycles. The van der Waals surface area contributed by atoms with Crippen LogP contribution in [0.15, 0.2) is 18.2 Å². The second-order valence-electron chi connectivity index (χ2n) is 6.55. The molecule has 0 radical (unpaired) electrons. The fraction of sp³-hybridized carbons (Fsp3) is 0.368. The summed E-state index contributed by atoms with van der Waals surface area (Å²) in [5.41, 5.74) is 0.319. The third kappa shape index (κ3) is 4.63. The number of non-ortho nitro benzene ring substituents is 1. The number of hydrogen-bond donors (Lipinski definition) is 1. The van der Waals surface area contributed by atoms with E-state index in [0.29, 0.717) is 12.1 Å². The van der Waals surface area contributed by atoms with E-state index < -0.39 is 35.4 Å². The Balaban J connectivity index is 1.82. The number of anilines is 2. The fourth-order valence-corrected chi connectivity index (χ4v) is 3.86. The summed E-state index contributed by atoms with van der Waals surface area (Å²) in [6.07, 6.45) is -0.443. The molecule has 1 unspecified atom stereocenters. The van der Waals surface area contributed by atoms with E-state index in [1.165, 1.54) is 18.2 Å². The van der Waals surface area contributed by atoms with Crippen molar-refractivity contribution in [2.24, 2.45) is 0 Å². The summed E-state index contributed by atoms with van der Waals surface area (Å²) in [5.74, 6) is -1.31. The Labute approximate surface area is 181 Å². The van der Waals surface area contributed by atoms with Crippen molar-refractivity contribution in [3.05, 3.63) is 38.9 Å². The van der Waals surface area contributed by atoms with Crippen molar-refractivity contribution in [2.75, 3.05) is 23.4 Å². The standard InChI is InChI=1S/C19H20N4O7S/c1-4-13-17(25)22(12-8-11(23(27)28)6-7-14(12)30-13)9-15(24)21-19-20-10(3)16(31-19)18(26)29-5-2/h6-8,13H,4-5,9H2,1-3H3,(H,20,21,24). The molecule has 0 saturated carbocycles. The third-order valence-corrected chi connectivity index (χ3v) is 5.48. The molecular formula is C19H20N4O7S. The van der Waals surface area contributed by atoms with Crippen molar-refractivity contribution in [2.45, 2.75) is 33.3 Å². The molecule has 1 aliphatic rings. The highest BCUT2D eigenvalue weighted by Crippen LogP contribution is 2.37. The van der Waals surface area contributed by atoms with Gasteiger partial charge in [-0.05, 0) is 26.3 Å². The molecule has 0 saturated heterocycles. The van der Waals surface area contributed by atoms with Gasteiger partial charge in [0.25, 0.3) is 11.6 Å². The van der Waals surface area contributed by atoms with Gasteiger partial charge in [-0.1, -0.05) is 18.3 Å². The maximum absolute atomic E-state index is 12.8. The summed E-state index contributed by atoms with van der Waals surface area (Å²) in [6, 6.07) is 3.87. The van der Waals surface area contributed by atoms with E-state index in [0.717, 1.165) is 16.2 Å². The van der Waals surface area contributed by atoms with Crippen molar-refractivity contribution in [1.29, 1.82) is 0 Å². The molecule has 3 rings (SSSR count). The van der Waals surface area contributed by atoms with Crippen LogP contribution in [0, 0.1) is 17.0 Å². The first kappa shape index (κ1) is 22.2. The van der Waals surface area contributed by atoms with Gasteiger partial charge in [-0.3, -0.25) is 24.6 Å². The van der Waals surface area contributed by atoms with E-state index in [-0.39, 0.29) is 33.7 Å². The fourth-order valence-electron chi connectivity index (χ4n) is 2.99. The van der Waals surface area contributed by atoms with Gasteiger partial charge in [-0.2, -0.15) is 0 Å². The molecule has 1 aromatic carbocycles. The van der Waals surface area contributed by atoms with Crippen LogP contribution in [-0.2, 0) is 14.3 Å². The first-order chi connectivity index (χ1) is 14.7. The number of ether oxygens (including phenoxy) is 2. The quantitative estimate of drug-likeness (QED) is 0.387. The second kappa shape index (κ2) is 9.08. The van der Waals surface area contributed by atoms with Crippen LogP contribution in [0.25, 0.3) is 0 Å². The lowest BCUT2D eigenvalue weighted by molar-refractivity contribution is -0.384. The van der Waals surface area contributed by atoms with Gasteiger partial charge >= 0.3 is 5.97 Å². The van der Waals surface area contributed by atoms with E-state index in [2.05, 4.69) is 10.3 Å². The zero-order valence-electron chi connectivity index (χ0n) is 17.0. The van der Waals surface area contributed by atoms with E-state index in [1.54, 1.807) is 20.8 Å². The summed E-state index contributed by atoms with van der Waals surface area (Å²) >= 11 is 0.961. The number of nitro groups is 1. The highest BCUT2D eigenvalue weighted by Gasteiger charge is 2.35. The number of thiazole rings is 1. The normalized spacial score (nSPS) is 15.1. The lowest BCUT2D eigenvalue weighted by Gasteiger charge is -2.33. The smallest absolute Gasteiger partial charge is 0.350 e. The number of nitrogens with zero attached hydrogens (tertiary/aromatic N) is 3. The molecule has 1 aromatic heterocycles. The van der Waals surface area contributed by atoms with E-state index in [9.17, 15) is 24.5 Å². The first-order valence-corrected chi connectivity index (χ1v) is 10.3. The number of carbonyl (C=O) groups is 3. The predicted molar refractivity (Wildman–Crippen MR) is 112 cm³/mol. The molecule has 0 bridgehead atoms. The number of fused-ring (bicyclic) bond motifs is 1. The molecule has 0 aliphatic carbocycles. The maximum Gasteiger partial charge on any atom is 0.350 e. The SMILES string of the molecule is CCOC(=O)c1sc(NC(=O)CN2C(=O)C(CC)Oc3ccc([N+](=O)[O-])cc32)nc1C. The third-order valence-electron chi connectivity index (χ3n) is 4.43. The highest BCUT2D eigenvalue weighted by molar-refractivity contribution is 7.17. The number of carbonyl (C=O) groups excluding carboxylic acids is 3. The molecule has 2 aromatic rings. The number of hydrogen-bond acceptors (Lipinski definition) is 9. The van der Waals surface area contributed by atoms with Gasteiger partial charge in [-0.25, -0.2) is 9.78 Å². The summed E-state index contributed by atoms with van der Waals surface area (Å²) in [6.45, 7) is 4.86. The Morgan fingerprint density at radius 1 is 1.39 bits per heavy atom. The minimum Gasteiger partial charge on any atom is -0.478 e. The van der Waals surface area contributed by atoms with Gasteiger partial charge in [0.15, 0.2) is 11.2 Å². The maximum atomic E-state index is 12.8. The molecule has 31 heavy (non-hydrogen) atoms. The molecular weight excluding hydrogens is 428 g/mol. The van der Waals surface area contributed by atoms with Crippen molar-refractivity contribution < 1.29 is 28.8 Å². The minimum atomic E-state index is -0.806. The molecule has 2 amide bonds. The van der Waals surface area contributed by atoms with Crippen molar-refractivity contribution in [3.63, 3.8) is 0 Å². The molecule has 1 N–H and O–H groups in total. The number of nitrogens with one attached hydrogen (secondary N) is 1. The predicted octanol–water partition coefficient (Wildman–Crippen LogP) is 2.68. The van der Waals surface area contributed by atoms with Crippen molar-refractivity contribution in [3.8, 4) is 5.75 Å². The van der Waals surface area contributed by atoms with Crippen LogP contribution in [0.4, 0.5) is 16.5 Å². The average Bonchev–Trinajstić information content (AvgIpc) is 3.09. The monoisotopic (exact) mass is 448 g/mol. The minimum absolute atomic E-state index is 0.140. The van der Waals surface area contributed by atoms with Gasteiger partial charge in [0, 0.05) is 12.1 Å². The van der Waals surface area contributed by atoms with Crippen LogP contribution < -0.4 is 15.0 Å². The first-order valence-electron chi connectivity index (χ1n) is 9.46. The zero-order chi connectivity index (χ0) is 22.7. The van der Waals surface area contributed by atoms with Crippen LogP contribution in [0.5, 0.6) is 5.75 Å². The van der Waals surface area contributed by atoms with Gasteiger partial charge < -0.3 is 14.8 Å². The molecule has 12 heteroatoms. The Kier molecular flexibility index (Phi) is 6.49. The largest absolute Gasteiger partial charge is 0.478 e. The molecule has 0 spiro atoms. The van der Waals surface area contributed by atoms with Gasteiger partial charge in [-0.15, -0.1) is 0 Å². The number of rotatable bonds is 7. The van der Waals surface area contributed by atoms with E-state index in [4.69, 9.17) is 9.47 Å².